The first-order valence-corrected chi connectivity index (χ1v) is 8.06. The molecule has 2 N–H and O–H groups in total. The second kappa shape index (κ2) is 7.16. The van der Waals surface area contributed by atoms with Gasteiger partial charge in [0.05, 0.1) is 24.5 Å². The standard InChI is InChI=1S/C16H24N5O2/c1-20(8-9-23-2)7-6-17-16-18-14-10-12-4-3-5-13(12)11-15(14)21(22)19-16/h10-11H,3-9H2,1-2H3,(H2,17,18,19)/q-1. The summed E-state index contributed by atoms with van der Waals surface area (Å²) in [5.41, 5.74) is 6.86. The normalized spacial score (nSPS) is 17.9. The Morgan fingerprint density at radius 1 is 1.30 bits per heavy atom. The minimum absolute atomic E-state index is 0.505. The minimum Gasteiger partial charge on any atom is -0.739 e. The molecule has 23 heavy (non-hydrogen) atoms. The lowest BCUT2D eigenvalue weighted by Gasteiger charge is -2.38. The number of anilines is 2. The van der Waals surface area contributed by atoms with Crippen LogP contribution in [0.25, 0.3) is 0 Å². The molecule has 0 aromatic heterocycles. The van der Waals surface area contributed by atoms with Crippen LogP contribution in [0, 0.1) is 5.21 Å². The number of fused-ring (bicyclic) bond motifs is 2. The Hall–Kier alpha value is -1.83. The molecule has 1 aromatic carbocycles. The van der Waals surface area contributed by atoms with E-state index in [2.05, 4.69) is 26.7 Å². The van der Waals surface area contributed by atoms with Crippen LogP contribution >= 0.6 is 0 Å². The summed E-state index contributed by atoms with van der Waals surface area (Å²) in [5, 5.41) is 16.2. The Kier molecular flexibility index (Phi) is 5.00. The van der Waals surface area contributed by atoms with Crippen molar-refractivity contribution in [3.63, 3.8) is 0 Å². The van der Waals surface area contributed by atoms with Crippen molar-refractivity contribution in [2.45, 2.75) is 19.3 Å². The number of aliphatic imine (C=N–C) groups is 1. The van der Waals surface area contributed by atoms with Crippen LogP contribution in [0.5, 0.6) is 0 Å². The highest BCUT2D eigenvalue weighted by atomic mass is 16.5. The highest BCUT2D eigenvalue weighted by molar-refractivity contribution is 6.01. The Morgan fingerprint density at radius 2 is 2.09 bits per heavy atom. The molecule has 1 aliphatic carbocycles. The highest BCUT2D eigenvalue weighted by Crippen LogP contribution is 2.34. The van der Waals surface area contributed by atoms with Crippen molar-refractivity contribution >= 4 is 17.3 Å². The van der Waals surface area contributed by atoms with Crippen molar-refractivity contribution in [1.29, 1.82) is 0 Å². The molecule has 7 heteroatoms. The van der Waals surface area contributed by atoms with Crippen LogP contribution in [0.15, 0.2) is 17.1 Å². The molecule has 1 aromatic rings. The van der Waals surface area contributed by atoms with Gasteiger partial charge in [0.1, 0.15) is 0 Å². The lowest BCUT2D eigenvalue weighted by atomic mass is 10.1. The molecule has 0 spiro atoms. The van der Waals surface area contributed by atoms with Crippen LogP contribution in [0.2, 0.25) is 0 Å². The number of likely N-dealkylation sites (N-methyl/N-ethyl adjacent to an activating group) is 1. The van der Waals surface area contributed by atoms with E-state index in [0.717, 1.165) is 36.8 Å². The van der Waals surface area contributed by atoms with E-state index >= 15 is 0 Å². The van der Waals surface area contributed by atoms with Crippen LogP contribution in [0.4, 0.5) is 11.4 Å². The second-order valence-electron chi connectivity index (χ2n) is 6.05. The van der Waals surface area contributed by atoms with Gasteiger partial charge in [-0.3, -0.25) is 10.4 Å². The molecule has 7 nitrogen and oxygen atoms in total. The molecular formula is C16H24N5O2-. The molecule has 0 atom stereocenters. The zero-order chi connectivity index (χ0) is 16.2. The summed E-state index contributed by atoms with van der Waals surface area (Å²) < 4.78 is 5.05. The van der Waals surface area contributed by atoms with E-state index in [1.54, 1.807) is 7.11 Å². The van der Waals surface area contributed by atoms with Crippen molar-refractivity contribution < 1.29 is 4.74 Å². The Morgan fingerprint density at radius 3 is 2.87 bits per heavy atom. The van der Waals surface area contributed by atoms with Crippen molar-refractivity contribution in [2.24, 2.45) is 4.99 Å². The van der Waals surface area contributed by atoms with Crippen LogP contribution in [-0.2, 0) is 17.6 Å². The largest absolute Gasteiger partial charge is 0.739 e. The fraction of sp³-hybridized carbons (Fsp3) is 0.562. The van der Waals surface area contributed by atoms with Crippen LogP contribution in [0.3, 0.4) is 0 Å². The maximum Gasteiger partial charge on any atom is 0.214 e. The zero-order valence-corrected chi connectivity index (χ0v) is 13.8. The number of aryl methyl sites for hydroxylation is 2. The second-order valence-corrected chi connectivity index (χ2v) is 6.05. The summed E-state index contributed by atoms with van der Waals surface area (Å²) in [6.07, 6.45) is 3.32. The Balaban J connectivity index is 1.62. The van der Waals surface area contributed by atoms with Gasteiger partial charge < -0.3 is 25.3 Å². The van der Waals surface area contributed by atoms with E-state index in [1.165, 1.54) is 17.5 Å². The van der Waals surface area contributed by atoms with Crippen LogP contribution in [-0.4, -0.2) is 51.3 Å². The van der Waals surface area contributed by atoms with Gasteiger partial charge in [-0.1, -0.05) is 0 Å². The van der Waals surface area contributed by atoms with Gasteiger partial charge in [0.2, 0.25) is 5.96 Å². The molecule has 0 saturated heterocycles. The topological polar surface area (TPSA) is 75.2 Å². The maximum absolute atomic E-state index is 12.2. The number of benzene rings is 1. The number of methoxy groups -OCH3 is 1. The predicted octanol–water partition coefficient (Wildman–Crippen LogP) is 1.34. The van der Waals surface area contributed by atoms with Gasteiger partial charge in [0.15, 0.2) is 0 Å². The first-order chi connectivity index (χ1) is 11.2. The van der Waals surface area contributed by atoms with Crippen molar-refractivity contribution in [1.82, 2.24) is 10.3 Å². The number of hydrogen-bond donors (Lipinski definition) is 2. The highest BCUT2D eigenvalue weighted by Gasteiger charge is 2.19. The Bertz CT molecular complexity index is 590. The van der Waals surface area contributed by atoms with Gasteiger partial charge in [-0.25, -0.2) is 0 Å². The van der Waals surface area contributed by atoms with Crippen molar-refractivity contribution in [3.8, 4) is 0 Å². The summed E-state index contributed by atoms with van der Waals surface area (Å²) in [5.74, 6) is 0.505. The fourth-order valence-electron chi connectivity index (χ4n) is 2.96. The fourth-order valence-corrected chi connectivity index (χ4v) is 2.96. The quantitative estimate of drug-likeness (QED) is 0.824. The van der Waals surface area contributed by atoms with E-state index in [0.29, 0.717) is 24.8 Å². The third-order valence-electron chi connectivity index (χ3n) is 4.32. The van der Waals surface area contributed by atoms with Crippen molar-refractivity contribution in [2.75, 3.05) is 50.9 Å². The summed E-state index contributed by atoms with van der Waals surface area (Å²) in [7, 11) is 3.72. The molecule has 0 radical (unpaired) electrons. The van der Waals surface area contributed by atoms with Crippen LogP contribution in [0.1, 0.15) is 17.5 Å². The van der Waals surface area contributed by atoms with Gasteiger partial charge in [-0.15, -0.1) is 0 Å². The van der Waals surface area contributed by atoms with Gasteiger partial charge >= 0.3 is 0 Å². The number of ether oxygens (including phenoxy) is 1. The average molecular weight is 318 g/mol. The van der Waals surface area contributed by atoms with E-state index < -0.39 is 0 Å². The molecule has 1 heterocycles. The minimum atomic E-state index is 0.505. The molecule has 3 rings (SSSR count). The average Bonchev–Trinajstić information content (AvgIpc) is 2.98. The van der Waals surface area contributed by atoms with E-state index in [1.807, 2.05) is 13.1 Å². The van der Waals surface area contributed by atoms with Gasteiger partial charge in [0, 0.05) is 20.2 Å². The summed E-state index contributed by atoms with van der Waals surface area (Å²) >= 11 is 0. The van der Waals surface area contributed by atoms with Gasteiger partial charge in [-0.2, -0.15) is 0 Å². The number of rotatable bonds is 6. The lowest BCUT2D eigenvalue weighted by molar-refractivity contribution is 0.163. The van der Waals surface area contributed by atoms with E-state index in [4.69, 9.17) is 4.74 Å². The maximum atomic E-state index is 12.2. The molecule has 126 valence electrons. The van der Waals surface area contributed by atoms with Crippen LogP contribution < -0.4 is 15.9 Å². The summed E-state index contributed by atoms with van der Waals surface area (Å²) in [6.45, 7) is 3.00. The third kappa shape index (κ3) is 3.74. The molecule has 0 bridgehead atoms. The first-order valence-electron chi connectivity index (χ1n) is 8.06. The van der Waals surface area contributed by atoms with Crippen molar-refractivity contribution in [3.05, 3.63) is 28.5 Å². The first kappa shape index (κ1) is 16.0. The molecule has 0 saturated carbocycles. The van der Waals surface area contributed by atoms with Gasteiger partial charge in [-0.05, 0) is 49.6 Å². The SMILES string of the molecule is COCCN(C)CCN=C1Nc2cc3c(cc2N([O-])N1)CCC3. The third-order valence-corrected chi connectivity index (χ3v) is 4.32. The Labute approximate surface area is 136 Å². The van der Waals surface area contributed by atoms with E-state index in [9.17, 15) is 5.21 Å². The number of hydrogen-bond acceptors (Lipinski definition) is 5. The zero-order valence-electron chi connectivity index (χ0n) is 13.8. The summed E-state index contributed by atoms with van der Waals surface area (Å²) in [4.78, 5) is 6.59. The number of nitrogens with zero attached hydrogens (tertiary/aromatic N) is 3. The van der Waals surface area contributed by atoms with E-state index in [-0.39, 0.29) is 0 Å². The molecule has 1 aliphatic heterocycles. The number of guanidine groups is 1. The molecule has 0 fully saturated rings. The summed E-state index contributed by atoms with van der Waals surface area (Å²) in [6, 6.07) is 4.07. The molecule has 2 aliphatic rings. The number of nitrogens with one attached hydrogen (secondary N) is 2. The smallest absolute Gasteiger partial charge is 0.214 e. The predicted molar refractivity (Wildman–Crippen MR) is 92.7 cm³/mol. The molecule has 0 amide bonds. The monoisotopic (exact) mass is 318 g/mol. The lowest BCUT2D eigenvalue weighted by Crippen LogP contribution is -2.46. The van der Waals surface area contributed by atoms with Gasteiger partial charge in [0.25, 0.3) is 0 Å². The molecule has 0 unspecified atom stereocenters. The number of hydrazine groups is 1. The molecular weight excluding hydrogens is 294 g/mol.